The summed E-state index contributed by atoms with van der Waals surface area (Å²) in [6.45, 7) is 5.10. The number of carbonyl (C=O) groups is 1. The van der Waals surface area contributed by atoms with Crippen molar-refractivity contribution in [2.75, 3.05) is 19.6 Å². The molecule has 0 bridgehead atoms. The maximum Gasteiger partial charge on any atom is 0.227 e. The van der Waals surface area contributed by atoms with Crippen molar-refractivity contribution in [3.8, 4) is 0 Å². The van der Waals surface area contributed by atoms with E-state index in [1.165, 1.54) is 0 Å². The van der Waals surface area contributed by atoms with Crippen LogP contribution in [0.25, 0.3) is 0 Å². The molecule has 1 unspecified atom stereocenters. The van der Waals surface area contributed by atoms with Gasteiger partial charge in [-0.05, 0) is 44.0 Å². The first-order valence-corrected chi connectivity index (χ1v) is 7.81. The zero-order valence-electron chi connectivity index (χ0n) is 11.7. The minimum absolute atomic E-state index is 0.103. The fourth-order valence-corrected chi connectivity index (χ4v) is 2.85. The standard InChI is InChI=1S/C15H20Cl2N2O/c1-2-19(15(20)12-4-3-7-18-9-12)10-11-5-6-13(16)14(17)8-11/h5-6,8,12,18H,2-4,7,9-10H2,1H3. The lowest BCUT2D eigenvalue weighted by Gasteiger charge is -2.29. The Morgan fingerprint density at radius 2 is 2.20 bits per heavy atom. The van der Waals surface area contributed by atoms with Crippen LogP contribution in [0.5, 0.6) is 0 Å². The summed E-state index contributed by atoms with van der Waals surface area (Å²) in [4.78, 5) is 14.4. The Morgan fingerprint density at radius 3 is 2.80 bits per heavy atom. The van der Waals surface area contributed by atoms with Gasteiger partial charge in [-0.15, -0.1) is 0 Å². The first kappa shape index (κ1) is 15.6. The molecule has 0 radical (unpaired) electrons. The van der Waals surface area contributed by atoms with Gasteiger partial charge in [0.1, 0.15) is 0 Å². The van der Waals surface area contributed by atoms with Crippen molar-refractivity contribution in [2.45, 2.75) is 26.3 Å². The van der Waals surface area contributed by atoms with Crippen LogP contribution in [0.3, 0.4) is 0 Å². The summed E-state index contributed by atoms with van der Waals surface area (Å²) in [5.41, 5.74) is 1.01. The highest BCUT2D eigenvalue weighted by Gasteiger charge is 2.25. The lowest BCUT2D eigenvalue weighted by atomic mass is 9.98. The third kappa shape index (κ3) is 3.87. The van der Waals surface area contributed by atoms with Crippen molar-refractivity contribution in [3.05, 3.63) is 33.8 Å². The molecular weight excluding hydrogens is 295 g/mol. The van der Waals surface area contributed by atoms with Gasteiger partial charge in [-0.1, -0.05) is 29.3 Å². The second-order valence-corrected chi connectivity index (χ2v) is 5.96. The van der Waals surface area contributed by atoms with E-state index < -0.39 is 0 Å². The molecule has 1 aromatic rings. The van der Waals surface area contributed by atoms with E-state index in [2.05, 4.69) is 5.32 Å². The van der Waals surface area contributed by atoms with Gasteiger partial charge in [0.2, 0.25) is 5.91 Å². The number of carbonyl (C=O) groups excluding carboxylic acids is 1. The van der Waals surface area contributed by atoms with Gasteiger partial charge < -0.3 is 10.2 Å². The van der Waals surface area contributed by atoms with Gasteiger partial charge in [-0.25, -0.2) is 0 Å². The number of hydrogen-bond acceptors (Lipinski definition) is 2. The second-order valence-electron chi connectivity index (χ2n) is 5.14. The molecule has 1 aliphatic heterocycles. The Kier molecular flexibility index (Phi) is 5.70. The van der Waals surface area contributed by atoms with Gasteiger partial charge in [-0.3, -0.25) is 4.79 Å². The van der Waals surface area contributed by atoms with Gasteiger partial charge in [0.25, 0.3) is 0 Å². The number of nitrogens with one attached hydrogen (secondary N) is 1. The Balaban J connectivity index is 2.03. The molecule has 1 fully saturated rings. The van der Waals surface area contributed by atoms with E-state index in [-0.39, 0.29) is 11.8 Å². The van der Waals surface area contributed by atoms with E-state index in [4.69, 9.17) is 23.2 Å². The zero-order chi connectivity index (χ0) is 14.5. The van der Waals surface area contributed by atoms with E-state index in [0.717, 1.165) is 31.5 Å². The van der Waals surface area contributed by atoms with Crippen LogP contribution in [-0.4, -0.2) is 30.4 Å². The molecule has 1 heterocycles. The average molecular weight is 315 g/mol. The van der Waals surface area contributed by atoms with E-state index in [9.17, 15) is 4.79 Å². The predicted molar refractivity (Wildman–Crippen MR) is 83.1 cm³/mol. The molecule has 3 nitrogen and oxygen atoms in total. The van der Waals surface area contributed by atoms with Gasteiger partial charge in [0.15, 0.2) is 0 Å². The lowest BCUT2D eigenvalue weighted by molar-refractivity contribution is -0.136. The fraction of sp³-hybridized carbons (Fsp3) is 0.533. The van der Waals surface area contributed by atoms with Crippen molar-refractivity contribution in [1.82, 2.24) is 10.2 Å². The van der Waals surface area contributed by atoms with Crippen molar-refractivity contribution in [2.24, 2.45) is 5.92 Å². The molecular formula is C15H20Cl2N2O. The second kappa shape index (κ2) is 7.30. The molecule has 1 aliphatic rings. The van der Waals surface area contributed by atoms with Crippen molar-refractivity contribution in [3.63, 3.8) is 0 Å². The molecule has 1 N–H and O–H groups in total. The van der Waals surface area contributed by atoms with Crippen LogP contribution < -0.4 is 5.32 Å². The summed E-state index contributed by atoms with van der Waals surface area (Å²) < 4.78 is 0. The zero-order valence-corrected chi connectivity index (χ0v) is 13.2. The fourth-order valence-electron chi connectivity index (χ4n) is 2.52. The van der Waals surface area contributed by atoms with Crippen LogP contribution in [0.15, 0.2) is 18.2 Å². The number of nitrogens with zero attached hydrogens (tertiary/aromatic N) is 1. The Hall–Kier alpha value is -0.770. The van der Waals surface area contributed by atoms with Gasteiger partial charge in [0, 0.05) is 19.6 Å². The summed E-state index contributed by atoms with van der Waals surface area (Å²) in [6.07, 6.45) is 2.05. The Bertz CT molecular complexity index is 473. The van der Waals surface area contributed by atoms with E-state index in [1.54, 1.807) is 6.07 Å². The highest BCUT2D eigenvalue weighted by atomic mass is 35.5. The molecule has 1 saturated heterocycles. The smallest absolute Gasteiger partial charge is 0.227 e. The normalized spacial score (nSPS) is 18.9. The Labute approximate surface area is 130 Å². The lowest BCUT2D eigenvalue weighted by Crippen LogP contribution is -2.42. The maximum absolute atomic E-state index is 12.5. The third-order valence-corrected chi connectivity index (χ3v) is 4.44. The van der Waals surface area contributed by atoms with Crippen LogP contribution in [0.1, 0.15) is 25.3 Å². The summed E-state index contributed by atoms with van der Waals surface area (Å²) in [7, 11) is 0. The highest BCUT2D eigenvalue weighted by Crippen LogP contribution is 2.24. The number of rotatable bonds is 4. The highest BCUT2D eigenvalue weighted by molar-refractivity contribution is 6.42. The number of hydrogen-bond donors (Lipinski definition) is 1. The van der Waals surface area contributed by atoms with E-state index >= 15 is 0 Å². The van der Waals surface area contributed by atoms with E-state index in [1.807, 2.05) is 24.0 Å². The first-order valence-electron chi connectivity index (χ1n) is 7.05. The van der Waals surface area contributed by atoms with Gasteiger partial charge >= 0.3 is 0 Å². The molecule has 0 aliphatic carbocycles. The minimum atomic E-state index is 0.103. The first-order chi connectivity index (χ1) is 9.61. The molecule has 0 aromatic heterocycles. The molecule has 1 atom stereocenters. The monoisotopic (exact) mass is 314 g/mol. The van der Waals surface area contributed by atoms with Crippen molar-refractivity contribution < 1.29 is 4.79 Å². The SMILES string of the molecule is CCN(Cc1ccc(Cl)c(Cl)c1)C(=O)C1CCCNC1. The molecule has 1 aromatic carbocycles. The molecule has 0 saturated carbocycles. The van der Waals surface area contributed by atoms with Crippen molar-refractivity contribution in [1.29, 1.82) is 0 Å². The van der Waals surface area contributed by atoms with Crippen molar-refractivity contribution >= 4 is 29.1 Å². The number of halogens is 2. The van der Waals surface area contributed by atoms with Gasteiger partial charge in [-0.2, -0.15) is 0 Å². The summed E-state index contributed by atoms with van der Waals surface area (Å²) in [5, 5.41) is 4.37. The van der Waals surface area contributed by atoms with Crippen LogP contribution in [0.4, 0.5) is 0 Å². The van der Waals surface area contributed by atoms with E-state index in [0.29, 0.717) is 23.1 Å². The largest absolute Gasteiger partial charge is 0.338 e. The average Bonchev–Trinajstić information content (AvgIpc) is 2.48. The number of piperidine rings is 1. The maximum atomic E-state index is 12.5. The molecule has 20 heavy (non-hydrogen) atoms. The van der Waals surface area contributed by atoms with Gasteiger partial charge in [0.05, 0.1) is 16.0 Å². The molecule has 2 rings (SSSR count). The quantitative estimate of drug-likeness (QED) is 0.924. The van der Waals surface area contributed by atoms with Crippen LogP contribution >= 0.6 is 23.2 Å². The predicted octanol–water partition coefficient (Wildman–Crippen LogP) is 3.34. The third-order valence-electron chi connectivity index (χ3n) is 3.70. The summed E-state index contributed by atoms with van der Waals surface area (Å²) >= 11 is 11.9. The number of benzene rings is 1. The Morgan fingerprint density at radius 1 is 1.40 bits per heavy atom. The van der Waals surface area contributed by atoms with Crippen LogP contribution in [-0.2, 0) is 11.3 Å². The summed E-state index contributed by atoms with van der Waals surface area (Å²) in [5.74, 6) is 0.331. The molecule has 1 amide bonds. The molecule has 0 spiro atoms. The van der Waals surface area contributed by atoms with Crippen LogP contribution in [0, 0.1) is 5.92 Å². The summed E-state index contributed by atoms with van der Waals surface area (Å²) in [6, 6.07) is 5.53. The minimum Gasteiger partial charge on any atom is -0.338 e. The molecule has 110 valence electrons. The molecule has 5 heteroatoms. The topological polar surface area (TPSA) is 32.3 Å². The number of amides is 1. The van der Waals surface area contributed by atoms with Crippen LogP contribution in [0.2, 0.25) is 10.0 Å².